The van der Waals surface area contributed by atoms with E-state index in [0.29, 0.717) is 6.04 Å². The molecule has 0 saturated heterocycles. The molecule has 3 nitrogen and oxygen atoms in total. The van der Waals surface area contributed by atoms with E-state index >= 15 is 0 Å². The molecular formula is C21H22ClN3. The normalized spacial score (nSPS) is 16.6. The zero-order valence-corrected chi connectivity index (χ0v) is 14.9. The van der Waals surface area contributed by atoms with E-state index < -0.39 is 0 Å². The van der Waals surface area contributed by atoms with E-state index in [-0.39, 0.29) is 0 Å². The number of nitrogens with zero attached hydrogens (tertiary/aromatic N) is 2. The second-order valence-electron chi connectivity index (χ2n) is 6.64. The van der Waals surface area contributed by atoms with Crippen molar-refractivity contribution in [2.24, 2.45) is 0 Å². The maximum atomic E-state index is 5.97. The molecule has 0 aliphatic heterocycles. The molecule has 0 saturated carbocycles. The number of nitrogens with one attached hydrogen (secondary N) is 1. The second kappa shape index (κ2) is 7.42. The Kier molecular flexibility index (Phi) is 4.86. The molecule has 3 aromatic rings. The highest BCUT2D eigenvalue weighted by Crippen LogP contribution is 2.30. The van der Waals surface area contributed by atoms with Crippen LogP contribution in [0.15, 0.2) is 60.8 Å². The molecule has 0 radical (unpaired) electrons. The predicted octanol–water partition coefficient (Wildman–Crippen LogP) is 4.75. The van der Waals surface area contributed by atoms with Crippen LogP contribution in [0, 0.1) is 0 Å². The minimum Gasteiger partial charge on any atom is -0.306 e. The highest BCUT2D eigenvalue weighted by atomic mass is 35.5. The first-order valence-electron chi connectivity index (χ1n) is 8.86. The van der Waals surface area contributed by atoms with Crippen molar-refractivity contribution in [2.45, 2.75) is 38.4 Å². The van der Waals surface area contributed by atoms with Gasteiger partial charge in [0.05, 0.1) is 12.7 Å². The molecule has 4 heteroatoms. The molecule has 1 N–H and O–H groups in total. The fourth-order valence-corrected chi connectivity index (χ4v) is 3.69. The van der Waals surface area contributed by atoms with Crippen LogP contribution < -0.4 is 5.32 Å². The van der Waals surface area contributed by atoms with Gasteiger partial charge in [-0.2, -0.15) is 5.10 Å². The Morgan fingerprint density at radius 1 is 1.04 bits per heavy atom. The molecule has 1 aliphatic carbocycles. The minimum absolute atomic E-state index is 0.379. The summed E-state index contributed by atoms with van der Waals surface area (Å²) in [7, 11) is 0. The van der Waals surface area contributed by atoms with Crippen LogP contribution in [-0.2, 0) is 19.5 Å². The van der Waals surface area contributed by atoms with E-state index in [0.717, 1.165) is 31.0 Å². The Morgan fingerprint density at radius 3 is 2.64 bits per heavy atom. The van der Waals surface area contributed by atoms with Crippen molar-refractivity contribution in [3.05, 3.63) is 88.2 Å². The first-order valence-corrected chi connectivity index (χ1v) is 9.24. The highest BCUT2D eigenvalue weighted by Gasteiger charge is 2.23. The van der Waals surface area contributed by atoms with Crippen molar-refractivity contribution < 1.29 is 0 Å². The molecular weight excluding hydrogens is 330 g/mol. The molecule has 0 amide bonds. The summed E-state index contributed by atoms with van der Waals surface area (Å²) in [5, 5.41) is 9.15. The average Bonchev–Trinajstić information content (AvgIpc) is 3.06. The highest BCUT2D eigenvalue weighted by molar-refractivity contribution is 6.30. The summed E-state index contributed by atoms with van der Waals surface area (Å²) in [5.74, 6) is 0. The van der Waals surface area contributed by atoms with Gasteiger partial charge >= 0.3 is 0 Å². The molecule has 128 valence electrons. The van der Waals surface area contributed by atoms with Crippen LogP contribution in [0.4, 0.5) is 0 Å². The summed E-state index contributed by atoms with van der Waals surface area (Å²) in [6, 6.07) is 19.0. The van der Waals surface area contributed by atoms with Crippen LogP contribution in [-0.4, -0.2) is 9.78 Å². The lowest BCUT2D eigenvalue weighted by Gasteiger charge is -2.24. The van der Waals surface area contributed by atoms with Gasteiger partial charge in [-0.25, -0.2) is 0 Å². The quantitative estimate of drug-likeness (QED) is 0.718. The van der Waals surface area contributed by atoms with Crippen LogP contribution in [0.3, 0.4) is 0 Å². The van der Waals surface area contributed by atoms with Crippen LogP contribution in [0.25, 0.3) is 0 Å². The molecule has 1 aliphatic rings. The standard InChI is InChI=1S/C21H22ClN3/c22-18-11-9-16(10-12-18)13-23-20-7-4-8-21-19(20)14-24-25(21)15-17-5-2-1-3-6-17/h1-3,5-6,9-12,14,20,23H,4,7-8,13,15H2/t20-/m0/s1. The summed E-state index contributed by atoms with van der Waals surface area (Å²) < 4.78 is 2.17. The smallest absolute Gasteiger partial charge is 0.0662 e. The van der Waals surface area contributed by atoms with Gasteiger partial charge in [-0.15, -0.1) is 0 Å². The monoisotopic (exact) mass is 351 g/mol. The third-order valence-corrected chi connectivity index (χ3v) is 5.16. The maximum absolute atomic E-state index is 5.97. The maximum Gasteiger partial charge on any atom is 0.0662 e. The van der Waals surface area contributed by atoms with E-state index in [4.69, 9.17) is 11.6 Å². The van der Waals surface area contributed by atoms with Gasteiger partial charge in [0, 0.05) is 28.9 Å². The van der Waals surface area contributed by atoms with Crippen LogP contribution in [0.2, 0.25) is 5.02 Å². The van der Waals surface area contributed by atoms with Crippen LogP contribution >= 0.6 is 11.6 Å². The Hall–Kier alpha value is -2.10. The number of aromatic nitrogens is 2. The fraction of sp³-hybridized carbons (Fsp3) is 0.286. The molecule has 4 rings (SSSR count). The summed E-state index contributed by atoms with van der Waals surface area (Å²) in [6.07, 6.45) is 5.53. The number of benzene rings is 2. The van der Waals surface area contributed by atoms with Crippen molar-refractivity contribution >= 4 is 11.6 Å². The van der Waals surface area contributed by atoms with Gasteiger partial charge in [0.15, 0.2) is 0 Å². The topological polar surface area (TPSA) is 29.9 Å². The van der Waals surface area contributed by atoms with Gasteiger partial charge in [0.1, 0.15) is 0 Å². The third kappa shape index (κ3) is 3.78. The van der Waals surface area contributed by atoms with Crippen molar-refractivity contribution in [1.29, 1.82) is 0 Å². The summed E-state index contributed by atoms with van der Waals surface area (Å²) in [4.78, 5) is 0. The molecule has 0 fully saturated rings. The largest absolute Gasteiger partial charge is 0.306 e. The lowest BCUT2D eigenvalue weighted by atomic mass is 9.92. The SMILES string of the molecule is Clc1ccc(CN[C@H]2CCCc3c2cnn3Cc2ccccc2)cc1. The molecule has 1 atom stereocenters. The molecule has 0 unspecified atom stereocenters. The predicted molar refractivity (Wildman–Crippen MR) is 102 cm³/mol. The first-order chi connectivity index (χ1) is 12.3. The van der Waals surface area contributed by atoms with Crippen LogP contribution in [0.5, 0.6) is 0 Å². The average molecular weight is 352 g/mol. The van der Waals surface area contributed by atoms with Gasteiger partial charge < -0.3 is 5.32 Å². The third-order valence-electron chi connectivity index (χ3n) is 4.90. The van der Waals surface area contributed by atoms with E-state index in [1.165, 1.54) is 28.8 Å². The number of hydrogen-bond acceptors (Lipinski definition) is 2. The molecule has 25 heavy (non-hydrogen) atoms. The van der Waals surface area contributed by atoms with Gasteiger partial charge in [0.2, 0.25) is 0 Å². The number of hydrogen-bond donors (Lipinski definition) is 1. The fourth-order valence-electron chi connectivity index (χ4n) is 3.57. The van der Waals surface area contributed by atoms with Gasteiger partial charge in [-0.05, 0) is 42.5 Å². The van der Waals surface area contributed by atoms with Gasteiger partial charge in [-0.1, -0.05) is 54.1 Å². The van der Waals surface area contributed by atoms with E-state index in [1.54, 1.807) is 0 Å². The lowest BCUT2D eigenvalue weighted by Crippen LogP contribution is -2.25. The van der Waals surface area contributed by atoms with Gasteiger partial charge in [-0.3, -0.25) is 4.68 Å². The summed E-state index contributed by atoms with van der Waals surface area (Å²) in [6.45, 7) is 1.70. The van der Waals surface area contributed by atoms with E-state index in [2.05, 4.69) is 63.8 Å². The zero-order chi connectivity index (χ0) is 17.1. The molecule has 1 aromatic heterocycles. The lowest BCUT2D eigenvalue weighted by molar-refractivity contribution is 0.449. The van der Waals surface area contributed by atoms with Crippen molar-refractivity contribution in [2.75, 3.05) is 0 Å². The second-order valence-corrected chi connectivity index (χ2v) is 7.08. The Labute approximate surface area is 153 Å². The molecule has 2 aromatic carbocycles. The first kappa shape index (κ1) is 16.4. The van der Waals surface area contributed by atoms with Crippen molar-refractivity contribution in [3.8, 4) is 0 Å². The number of rotatable bonds is 5. The summed E-state index contributed by atoms with van der Waals surface area (Å²) in [5.41, 5.74) is 5.29. The minimum atomic E-state index is 0.379. The zero-order valence-electron chi connectivity index (χ0n) is 14.2. The van der Waals surface area contributed by atoms with Crippen LogP contribution in [0.1, 0.15) is 41.3 Å². The van der Waals surface area contributed by atoms with Gasteiger partial charge in [0.25, 0.3) is 0 Å². The Morgan fingerprint density at radius 2 is 1.84 bits per heavy atom. The Bertz CT molecular complexity index is 824. The number of fused-ring (bicyclic) bond motifs is 1. The van der Waals surface area contributed by atoms with E-state index in [1.807, 2.05) is 12.1 Å². The Balaban J connectivity index is 1.47. The number of halogens is 1. The molecule has 1 heterocycles. The van der Waals surface area contributed by atoms with Crippen molar-refractivity contribution in [1.82, 2.24) is 15.1 Å². The summed E-state index contributed by atoms with van der Waals surface area (Å²) >= 11 is 5.97. The van der Waals surface area contributed by atoms with E-state index in [9.17, 15) is 0 Å². The molecule has 0 bridgehead atoms. The van der Waals surface area contributed by atoms with Crippen molar-refractivity contribution in [3.63, 3.8) is 0 Å². The molecule has 0 spiro atoms.